The summed E-state index contributed by atoms with van der Waals surface area (Å²) in [5.74, 6) is 0.911. The number of anilines is 1. The van der Waals surface area contributed by atoms with Crippen molar-refractivity contribution in [2.45, 2.75) is 22.8 Å². The molecule has 0 aliphatic rings. The maximum Gasteiger partial charge on any atom is 0.265 e. The zero-order valence-electron chi connectivity index (χ0n) is 15.2. The minimum absolute atomic E-state index is 0.220. The molecule has 3 aromatic carbocycles. The Morgan fingerprint density at radius 1 is 0.889 bits per heavy atom. The van der Waals surface area contributed by atoms with Crippen molar-refractivity contribution < 1.29 is 14.3 Å². The van der Waals surface area contributed by atoms with E-state index in [-0.39, 0.29) is 5.91 Å². The lowest BCUT2D eigenvalue weighted by molar-refractivity contribution is -0.122. The molecule has 3 rings (SSSR count). The molecule has 3 aromatic rings. The topological polar surface area (TPSA) is 47.6 Å². The number of para-hydroxylation sites is 3. The van der Waals surface area contributed by atoms with E-state index in [1.165, 1.54) is 0 Å². The first-order valence-electron chi connectivity index (χ1n) is 8.60. The fourth-order valence-corrected chi connectivity index (χ4v) is 3.39. The van der Waals surface area contributed by atoms with Crippen LogP contribution in [-0.2, 0) is 4.79 Å². The van der Waals surface area contributed by atoms with Gasteiger partial charge in [-0.1, -0.05) is 54.2 Å². The van der Waals surface area contributed by atoms with Gasteiger partial charge in [-0.25, -0.2) is 0 Å². The number of hydrogen-bond donors (Lipinski definition) is 1. The first kappa shape index (κ1) is 18.9. The Labute approximate surface area is 163 Å². The highest BCUT2D eigenvalue weighted by molar-refractivity contribution is 7.99. The second-order valence-electron chi connectivity index (χ2n) is 5.81. The summed E-state index contributed by atoms with van der Waals surface area (Å²) in [5.41, 5.74) is 0.756. The molecule has 0 fully saturated rings. The summed E-state index contributed by atoms with van der Waals surface area (Å²) in [6.07, 6.45) is -0.670. The minimum atomic E-state index is -0.670. The Morgan fingerprint density at radius 3 is 2.26 bits per heavy atom. The van der Waals surface area contributed by atoms with Crippen LogP contribution in [0.15, 0.2) is 88.7 Å². The predicted molar refractivity (Wildman–Crippen MR) is 109 cm³/mol. The number of ether oxygens (including phenoxy) is 2. The van der Waals surface area contributed by atoms with Crippen LogP contribution in [-0.4, -0.2) is 19.1 Å². The molecule has 0 aliphatic carbocycles. The van der Waals surface area contributed by atoms with Crippen molar-refractivity contribution in [2.75, 3.05) is 12.4 Å². The van der Waals surface area contributed by atoms with Gasteiger partial charge in [0.05, 0.1) is 12.8 Å². The number of nitrogens with one attached hydrogen (secondary N) is 1. The number of amides is 1. The van der Waals surface area contributed by atoms with Gasteiger partial charge in [0.1, 0.15) is 0 Å². The zero-order chi connectivity index (χ0) is 19.1. The van der Waals surface area contributed by atoms with Gasteiger partial charge >= 0.3 is 0 Å². The van der Waals surface area contributed by atoms with Crippen LogP contribution >= 0.6 is 11.8 Å². The molecule has 0 aromatic heterocycles. The summed E-state index contributed by atoms with van der Waals surface area (Å²) in [7, 11) is 1.57. The molecule has 0 saturated heterocycles. The molecule has 0 aliphatic heterocycles. The molecule has 1 N–H and O–H groups in total. The molecular formula is C22H21NO3S. The highest BCUT2D eigenvalue weighted by atomic mass is 32.2. The van der Waals surface area contributed by atoms with E-state index in [0.717, 1.165) is 15.5 Å². The maximum atomic E-state index is 12.6. The lowest BCUT2D eigenvalue weighted by Crippen LogP contribution is -2.30. The number of carbonyl (C=O) groups excluding carboxylic acids is 1. The quantitative estimate of drug-likeness (QED) is 0.609. The molecule has 5 heteroatoms. The number of hydrogen-bond acceptors (Lipinski definition) is 4. The highest BCUT2D eigenvalue weighted by Crippen LogP contribution is 2.33. The SMILES string of the molecule is COc1ccccc1O[C@@H](C)C(=O)Nc1ccccc1Sc1ccccc1. The lowest BCUT2D eigenvalue weighted by atomic mass is 10.3. The maximum absolute atomic E-state index is 12.6. The Morgan fingerprint density at radius 2 is 1.52 bits per heavy atom. The zero-order valence-corrected chi connectivity index (χ0v) is 16.0. The van der Waals surface area contributed by atoms with Gasteiger partial charge < -0.3 is 14.8 Å². The summed E-state index contributed by atoms with van der Waals surface area (Å²) < 4.78 is 11.1. The molecule has 1 atom stereocenters. The van der Waals surface area contributed by atoms with E-state index in [4.69, 9.17) is 9.47 Å². The van der Waals surface area contributed by atoms with Gasteiger partial charge in [0.15, 0.2) is 17.6 Å². The van der Waals surface area contributed by atoms with Crippen molar-refractivity contribution >= 4 is 23.4 Å². The summed E-state index contributed by atoms with van der Waals surface area (Å²) >= 11 is 1.60. The van der Waals surface area contributed by atoms with Crippen LogP contribution < -0.4 is 14.8 Å². The average Bonchev–Trinajstić information content (AvgIpc) is 2.70. The van der Waals surface area contributed by atoms with Gasteiger partial charge in [0.2, 0.25) is 0 Å². The smallest absolute Gasteiger partial charge is 0.265 e. The van der Waals surface area contributed by atoms with Crippen molar-refractivity contribution in [2.24, 2.45) is 0 Å². The van der Waals surface area contributed by atoms with E-state index in [1.54, 1.807) is 37.9 Å². The highest BCUT2D eigenvalue weighted by Gasteiger charge is 2.18. The van der Waals surface area contributed by atoms with Crippen LogP contribution in [0.25, 0.3) is 0 Å². The van der Waals surface area contributed by atoms with E-state index < -0.39 is 6.10 Å². The third kappa shape index (κ3) is 5.05. The van der Waals surface area contributed by atoms with Crippen LogP contribution in [0.5, 0.6) is 11.5 Å². The van der Waals surface area contributed by atoms with Crippen LogP contribution in [0.4, 0.5) is 5.69 Å². The van der Waals surface area contributed by atoms with Crippen molar-refractivity contribution in [3.05, 3.63) is 78.9 Å². The first-order chi connectivity index (χ1) is 13.2. The fourth-order valence-electron chi connectivity index (χ4n) is 2.47. The van der Waals surface area contributed by atoms with Crippen molar-refractivity contribution in [3.63, 3.8) is 0 Å². The summed E-state index contributed by atoms with van der Waals surface area (Å²) in [5, 5.41) is 2.96. The van der Waals surface area contributed by atoms with Gasteiger partial charge in [-0.05, 0) is 43.3 Å². The number of rotatable bonds is 7. The molecule has 138 valence electrons. The summed E-state index contributed by atoms with van der Waals surface area (Å²) in [4.78, 5) is 14.7. The van der Waals surface area contributed by atoms with Crippen molar-refractivity contribution in [1.82, 2.24) is 0 Å². The van der Waals surface area contributed by atoms with Gasteiger partial charge in [0.25, 0.3) is 5.91 Å². The van der Waals surface area contributed by atoms with E-state index in [1.807, 2.05) is 66.7 Å². The van der Waals surface area contributed by atoms with Gasteiger partial charge in [0, 0.05) is 9.79 Å². The Kier molecular flexibility index (Phi) is 6.39. The number of benzene rings is 3. The molecule has 0 saturated carbocycles. The van der Waals surface area contributed by atoms with Crippen LogP contribution in [0.3, 0.4) is 0 Å². The Hall–Kier alpha value is -2.92. The third-order valence-corrected chi connectivity index (χ3v) is 4.94. The molecule has 0 radical (unpaired) electrons. The van der Waals surface area contributed by atoms with Gasteiger partial charge in [-0.2, -0.15) is 0 Å². The molecule has 4 nitrogen and oxygen atoms in total. The third-order valence-electron chi connectivity index (χ3n) is 3.86. The normalized spacial score (nSPS) is 11.5. The van der Waals surface area contributed by atoms with E-state index in [9.17, 15) is 4.79 Å². The summed E-state index contributed by atoms with van der Waals surface area (Å²) in [6.45, 7) is 1.72. The molecular weight excluding hydrogens is 358 g/mol. The van der Waals surface area contributed by atoms with Crippen molar-refractivity contribution in [1.29, 1.82) is 0 Å². The molecule has 27 heavy (non-hydrogen) atoms. The summed E-state index contributed by atoms with van der Waals surface area (Å²) in [6, 6.07) is 25.0. The van der Waals surface area contributed by atoms with Crippen molar-refractivity contribution in [3.8, 4) is 11.5 Å². The largest absolute Gasteiger partial charge is 0.493 e. The monoisotopic (exact) mass is 379 g/mol. The van der Waals surface area contributed by atoms with E-state index in [2.05, 4.69) is 5.32 Å². The second-order valence-corrected chi connectivity index (χ2v) is 6.93. The molecule has 0 heterocycles. The van der Waals surface area contributed by atoms with Crippen LogP contribution in [0.2, 0.25) is 0 Å². The van der Waals surface area contributed by atoms with Crippen LogP contribution in [0, 0.1) is 0 Å². The average molecular weight is 379 g/mol. The number of methoxy groups -OCH3 is 1. The van der Waals surface area contributed by atoms with Gasteiger partial charge in [-0.15, -0.1) is 0 Å². The Bertz CT molecular complexity index is 899. The molecule has 1 amide bonds. The molecule has 0 bridgehead atoms. The molecule has 0 unspecified atom stereocenters. The lowest BCUT2D eigenvalue weighted by Gasteiger charge is -2.17. The van der Waals surface area contributed by atoms with Crippen LogP contribution in [0.1, 0.15) is 6.92 Å². The predicted octanol–water partition coefficient (Wildman–Crippen LogP) is 5.25. The standard InChI is InChI=1S/C22H21NO3S/c1-16(26-20-14-8-7-13-19(20)25-2)22(24)23-18-12-6-9-15-21(18)27-17-10-4-3-5-11-17/h3-16H,1-2H3,(H,23,24)/t16-/m0/s1. The van der Waals surface area contributed by atoms with Gasteiger partial charge in [-0.3, -0.25) is 4.79 Å². The number of carbonyl (C=O) groups is 1. The van der Waals surface area contributed by atoms with E-state index >= 15 is 0 Å². The first-order valence-corrected chi connectivity index (χ1v) is 9.41. The minimum Gasteiger partial charge on any atom is -0.493 e. The molecule has 0 spiro atoms. The fraction of sp³-hybridized carbons (Fsp3) is 0.136. The Balaban J connectivity index is 1.70. The second kappa shape index (κ2) is 9.14. The van der Waals surface area contributed by atoms with E-state index in [0.29, 0.717) is 11.5 Å².